The number of hydrogen-bond acceptors (Lipinski definition) is 4. The molecule has 1 N–H and O–H groups in total. The first kappa shape index (κ1) is 12.4. The molecule has 4 nitrogen and oxygen atoms in total. The van der Waals surface area contributed by atoms with E-state index in [0.717, 1.165) is 20.5 Å². The van der Waals surface area contributed by atoms with Gasteiger partial charge in [0.05, 0.1) is 11.0 Å². The van der Waals surface area contributed by atoms with Gasteiger partial charge in [-0.15, -0.1) is 11.3 Å². The predicted molar refractivity (Wildman–Crippen MR) is 78.3 cm³/mol. The summed E-state index contributed by atoms with van der Waals surface area (Å²) >= 11 is 4.66. The average Bonchev–Trinajstić information content (AvgIpc) is 2.91. The Labute approximate surface area is 121 Å². The highest BCUT2D eigenvalue weighted by atomic mass is 79.9. The molecule has 19 heavy (non-hydrogen) atoms. The molecule has 0 fully saturated rings. The summed E-state index contributed by atoms with van der Waals surface area (Å²) < 4.78 is 2.82. The number of Topliss-reactive ketones (excluding diaryl/α,β-unsaturated/α-hetero) is 1. The van der Waals surface area contributed by atoms with Gasteiger partial charge in [-0.3, -0.25) is 9.36 Å². The molecule has 1 aromatic carbocycles. The summed E-state index contributed by atoms with van der Waals surface area (Å²) in [4.78, 5) is 16.1. The van der Waals surface area contributed by atoms with Crippen LogP contribution in [0.5, 0.6) is 5.75 Å². The molecule has 6 heteroatoms. The molecule has 0 aliphatic rings. The maximum atomic E-state index is 11.4. The van der Waals surface area contributed by atoms with Gasteiger partial charge in [0.15, 0.2) is 5.78 Å². The van der Waals surface area contributed by atoms with E-state index in [1.165, 1.54) is 18.3 Å². The molecular weight excluding hydrogens is 328 g/mol. The number of benzene rings is 1. The molecule has 0 amide bonds. The molecule has 0 unspecified atom stereocenters. The highest BCUT2D eigenvalue weighted by Crippen LogP contribution is 2.33. The molecule has 0 radical (unpaired) electrons. The Morgan fingerprint density at radius 3 is 2.89 bits per heavy atom. The van der Waals surface area contributed by atoms with Crippen molar-refractivity contribution in [2.45, 2.75) is 6.92 Å². The second kappa shape index (κ2) is 4.47. The second-order valence-corrected chi connectivity index (χ2v) is 6.05. The summed E-state index contributed by atoms with van der Waals surface area (Å²) in [6.07, 6.45) is 1.69. The van der Waals surface area contributed by atoms with Crippen LogP contribution < -0.4 is 0 Å². The summed E-state index contributed by atoms with van der Waals surface area (Å²) in [7, 11) is 0. The summed E-state index contributed by atoms with van der Waals surface area (Å²) in [5.41, 5.74) is 1.78. The molecule has 3 aromatic rings. The van der Waals surface area contributed by atoms with Crippen molar-refractivity contribution in [1.29, 1.82) is 0 Å². The van der Waals surface area contributed by atoms with Gasteiger partial charge in [0.25, 0.3) is 0 Å². The van der Waals surface area contributed by atoms with Crippen LogP contribution in [0.1, 0.15) is 16.6 Å². The van der Waals surface area contributed by atoms with Crippen molar-refractivity contribution in [2.24, 2.45) is 0 Å². The van der Waals surface area contributed by atoms with Crippen LogP contribution in [0, 0.1) is 0 Å². The fourth-order valence-corrected chi connectivity index (χ4v) is 3.18. The minimum Gasteiger partial charge on any atom is -0.506 e. The number of aromatic hydroxyl groups is 1. The van der Waals surface area contributed by atoms with E-state index in [9.17, 15) is 9.90 Å². The minimum atomic E-state index is -0.138. The van der Waals surface area contributed by atoms with Gasteiger partial charge in [-0.05, 0) is 18.2 Å². The molecule has 0 saturated heterocycles. The number of carbonyl (C=O) groups is 1. The molecule has 2 heterocycles. The van der Waals surface area contributed by atoms with Gasteiger partial charge >= 0.3 is 0 Å². The van der Waals surface area contributed by atoms with Crippen molar-refractivity contribution in [2.75, 3.05) is 0 Å². The maximum absolute atomic E-state index is 11.4. The lowest BCUT2D eigenvalue weighted by Gasteiger charge is -1.99. The van der Waals surface area contributed by atoms with E-state index in [-0.39, 0.29) is 11.5 Å². The molecular formula is C13H9BrN2O2S. The highest BCUT2D eigenvalue weighted by molar-refractivity contribution is 9.10. The third kappa shape index (κ3) is 2.06. The first-order valence-corrected chi connectivity index (χ1v) is 7.14. The van der Waals surface area contributed by atoms with Crippen LogP contribution in [-0.4, -0.2) is 20.4 Å². The van der Waals surface area contributed by atoms with Crippen LogP contribution in [0.15, 0.2) is 35.1 Å². The van der Waals surface area contributed by atoms with Crippen LogP contribution in [0.4, 0.5) is 0 Å². The molecule has 0 spiro atoms. The number of thiophene rings is 1. The zero-order valence-corrected chi connectivity index (χ0v) is 12.3. The number of rotatable bonds is 2. The van der Waals surface area contributed by atoms with Gasteiger partial charge in [0.1, 0.15) is 22.0 Å². The average molecular weight is 337 g/mol. The van der Waals surface area contributed by atoms with Gasteiger partial charge in [-0.1, -0.05) is 15.9 Å². The quantitative estimate of drug-likeness (QED) is 0.725. The Morgan fingerprint density at radius 1 is 1.42 bits per heavy atom. The summed E-state index contributed by atoms with van der Waals surface area (Å²) in [6, 6.07) is 7.38. The number of ketones is 1. The van der Waals surface area contributed by atoms with E-state index in [1.54, 1.807) is 12.4 Å². The lowest BCUT2D eigenvalue weighted by Crippen LogP contribution is -1.87. The molecule has 0 aliphatic carbocycles. The molecule has 0 bridgehead atoms. The SMILES string of the molecule is CC(=O)c1sc(-n2cnc3cc(Br)ccc32)cc1O. The second-order valence-electron chi connectivity index (χ2n) is 4.10. The van der Waals surface area contributed by atoms with Crippen molar-refractivity contribution in [1.82, 2.24) is 9.55 Å². The van der Waals surface area contributed by atoms with E-state index in [4.69, 9.17) is 0 Å². The van der Waals surface area contributed by atoms with Gasteiger partial charge < -0.3 is 5.11 Å². The van der Waals surface area contributed by atoms with Crippen LogP contribution in [0.2, 0.25) is 0 Å². The van der Waals surface area contributed by atoms with Gasteiger partial charge in [-0.25, -0.2) is 4.98 Å². The van der Waals surface area contributed by atoms with Crippen LogP contribution in [-0.2, 0) is 0 Å². The van der Waals surface area contributed by atoms with E-state index in [1.807, 2.05) is 22.8 Å². The number of hydrogen-bond donors (Lipinski definition) is 1. The summed E-state index contributed by atoms with van der Waals surface area (Å²) in [5.74, 6) is -0.118. The number of nitrogens with zero attached hydrogens (tertiary/aromatic N) is 2. The van der Waals surface area contributed by atoms with E-state index < -0.39 is 0 Å². The largest absolute Gasteiger partial charge is 0.506 e. The molecule has 3 rings (SSSR count). The van der Waals surface area contributed by atoms with Gasteiger partial charge in [0, 0.05) is 17.5 Å². The lowest BCUT2D eigenvalue weighted by atomic mass is 10.3. The van der Waals surface area contributed by atoms with Crippen LogP contribution >= 0.6 is 27.3 Å². The Balaban J connectivity index is 2.19. The molecule has 2 aromatic heterocycles. The van der Waals surface area contributed by atoms with Crippen molar-refractivity contribution in [3.63, 3.8) is 0 Å². The lowest BCUT2D eigenvalue weighted by molar-refractivity contribution is 0.101. The number of carbonyl (C=O) groups excluding carboxylic acids is 1. The predicted octanol–water partition coefficient (Wildman–Crippen LogP) is 3.76. The zero-order chi connectivity index (χ0) is 13.6. The Bertz CT molecular complexity index is 791. The third-order valence-electron chi connectivity index (χ3n) is 2.77. The van der Waals surface area contributed by atoms with Crippen molar-refractivity contribution >= 4 is 44.1 Å². The Morgan fingerprint density at radius 2 is 2.21 bits per heavy atom. The normalized spacial score (nSPS) is 11.1. The number of halogens is 1. The van der Waals surface area contributed by atoms with E-state index in [0.29, 0.717) is 4.88 Å². The summed E-state index contributed by atoms with van der Waals surface area (Å²) in [6.45, 7) is 1.44. The zero-order valence-electron chi connectivity index (χ0n) is 9.92. The molecule has 96 valence electrons. The summed E-state index contributed by atoms with van der Waals surface area (Å²) in [5, 5.41) is 10.5. The molecule has 0 saturated carbocycles. The van der Waals surface area contributed by atoms with E-state index >= 15 is 0 Å². The molecule has 0 atom stereocenters. The van der Waals surface area contributed by atoms with Crippen molar-refractivity contribution in [3.8, 4) is 10.8 Å². The van der Waals surface area contributed by atoms with Crippen LogP contribution in [0.25, 0.3) is 16.0 Å². The number of aromatic nitrogens is 2. The van der Waals surface area contributed by atoms with Gasteiger partial charge in [0.2, 0.25) is 0 Å². The monoisotopic (exact) mass is 336 g/mol. The Hall–Kier alpha value is -1.66. The standard InChI is InChI=1S/C13H9BrN2O2S/c1-7(17)13-11(18)5-12(19-13)16-6-15-9-4-8(14)2-3-10(9)16/h2-6,18H,1H3. The van der Waals surface area contributed by atoms with Crippen molar-refractivity contribution < 1.29 is 9.90 Å². The third-order valence-corrected chi connectivity index (χ3v) is 4.48. The Kier molecular flexibility index (Phi) is 2.91. The van der Waals surface area contributed by atoms with E-state index in [2.05, 4.69) is 20.9 Å². The number of fused-ring (bicyclic) bond motifs is 1. The van der Waals surface area contributed by atoms with Crippen molar-refractivity contribution in [3.05, 3.63) is 39.9 Å². The maximum Gasteiger partial charge on any atom is 0.173 e. The van der Waals surface area contributed by atoms with Gasteiger partial charge in [-0.2, -0.15) is 0 Å². The first-order chi connectivity index (χ1) is 9.06. The minimum absolute atomic E-state index is 0.0199. The molecule has 0 aliphatic heterocycles. The topological polar surface area (TPSA) is 55.1 Å². The number of imidazole rings is 1. The fourth-order valence-electron chi connectivity index (χ4n) is 1.90. The smallest absolute Gasteiger partial charge is 0.173 e. The fraction of sp³-hybridized carbons (Fsp3) is 0.0769. The highest BCUT2D eigenvalue weighted by Gasteiger charge is 2.14. The van der Waals surface area contributed by atoms with Crippen LogP contribution in [0.3, 0.4) is 0 Å². The first-order valence-electron chi connectivity index (χ1n) is 5.53.